The third kappa shape index (κ3) is 2.98. The van der Waals surface area contributed by atoms with E-state index in [1.165, 1.54) is 0 Å². The van der Waals surface area contributed by atoms with Gasteiger partial charge in [0.25, 0.3) is 0 Å². The van der Waals surface area contributed by atoms with Crippen LogP contribution in [0.25, 0.3) is 0 Å². The molecule has 2 rings (SSSR count). The maximum absolute atomic E-state index is 11.8. The highest BCUT2D eigenvalue weighted by atomic mass is 32.1. The number of ether oxygens (including phenoxy) is 1. The van der Waals surface area contributed by atoms with Gasteiger partial charge in [-0.15, -0.1) is 12.6 Å². The van der Waals surface area contributed by atoms with Gasteiger partial charge >= 0.3 is 5.97 Å². The number of hydrogen-bond donors (Lipinski definition) is 1. The van der Waals surface area contributed by atoms with Gasteiger partial charge in [-0.05, 0) is 6.92 Å². The van der Waals surface area contributed by atoms with Crippen LogP contribution >= 0.6 is 12.6 Å². The van der Waals surface area contributed by atoms with Crippen LogP contribution in [0.4, 0.5) is 0 Å². The standard InChI is InChI=1S/C14H16N2O2S/c1-3-18-14(17)11-9-16(2)12(15-13(11)19)10-7-5-4-6-8-10/h4-9,13,19H,3H2,1-2H3. The zero-order valence-electron chi connectivity index (χ0n) is 10.9. The van der Waals surface area contributed by atoms with Crippen LogP contribution in [0.1, 0.15) is 12.5 Å². The predicted octanol–water partition coefficient (Wildman–Crippen LogP) is 2.08. The normalized spacial score (nSPS) is 18.7. The molecule has 5 heteroatoms. The maximum Gasteiger partial charge on any atom is 0.338 e. The number of benzene rings is 1. The SMILES string of the molecule is CCOC(=O)C1=CN(C)C(c2ccccc2)=NC1S. The number of carbonyl (C=O) groups is 1. The van der Waals surface area contributed by atoms with Crippen molar-refractivity contribution in [3.8, 4) is 0 Å². The van der Waals surface area contributed by atoms with Gasteiger partial charge in [0.05, 0.1) is 12.2 Å². The second-order valence-electron chi connectivity index (χ2n) is 4.11. The second kappa shape index (κ2) is 5.93. The Bertz CT molecular complexity index is 526. The molecule has 0 saturated carbocycles. The minimum absolute atomic E-state index is 0.343. The van der Waals surface area contributed by atoms with E-state index in [2.05, 4.69) is 17.6 Å². The van der Waals surface area contributed by atoms with E-state index in [1.54, 1.807) is 13.1 Å². The van der Waals surface area contributed by atoms with Gasteiger partial charge in [-0.1, -0.05) is 30.3 Å². The number of thiol groups is 1. The van der Waals surface area contributed by atoms with E-state index >= 15 is 0 Å². The number of esters is 1. The fraction of sp³-hybridized carbons (Fsp3) is 0.286. The highest BCUT2D eigenvalue weighted by molar-refractivity contribution is 7.81. The summed E-state index contributed by atoms with van der Waals surface area (Å²) in [5.74, 6) is 0.416. The Balaban J connectivity index is 2.25. The number of hydrogen-bond acceptors (Lipinski definition) is 5. The Kier molecular flexibility index (Phi) is 4.27. The minimum atomic E-state index is -0.495. The molecule has 1 aromatic carbocycles. The number of nitrogens with zero attached hydrogens (tertiary/aromatic N) is 2. The average molecular weight is 276 g/mol. The van der Waals surface area contributed by atoms with E-state index in [4.69, 9.17) is 4.74 Å². The molecule has 1 aromatic rings. The number of carbonyl (C=O) groups excluding carboxylic acids is 1. The van der Waals surface area contributed by atoms with Crippen molar-refractivity contribution in [3.05, 3.63) is 47.7 Å². The van der Waals surface area contributed by atoms with Gasteiger partial charge < -0.3 is 9.64 Å². The van der Waals surface area contributed by atoms with Crippen LogP contribution in [-0.2, 0) is 9.53 Å². The number of amidine groups is 1. The summed E-state index contributed by atoms with van der Waals surface area (Å²) >= 11 is 4.36. The van der Waals surface area contributed by atoms with Crippen molar-refractivity contribution in [2.24, 2.45) is 4.99 Å². The van der Waals surface area contributed by atoms with Crippen molar-refractivity contribution >= 4 is 24.4 Å². The van der Waals surface area contributed by atoms with E-state index in [0.29, 0.717) is 12.2 Å². The lowest BCUT2D eigenvalue weighted by molar-refractivity contribution is -0.138. The monoisotopic (exact) mass is 276 g/mol. The van der Waals surface area contributed by atoms with Crippen molar-refractivity contribution < 1.29 is 9.53 Å². The average Bonchev–Trinajstić information content (AvgIpc) is 2.42. The molecular formula is C14H16N2O2S. The topological polar surface area (TPSA) is 41.9 Å². The fourth-order valence-electron chi connectivity index (χ4n) is 1.85. The summed E-state index contributed by atoms with van der Waals surface area (Å²) in [6, 6.07) is 9.79. The Morgan fingerprint density at radius 2 is 2.11 bits per heavy atom. The highest BCUT2D eigenvalue weighted by Crippen LogP contribution is 2.21. The van der Waals surface area contributed by atoms with Gasteiger partial charge in [0.1, 0.15) is 11.2 Å². The first-order valence-electron chi connectivity index (χ1n) is 6.06. The van der Waals surface area contributed by atoms with Crippen molar-refractivity contribution in [2.45, 2.75) is 12.3 Å². The van der Waals surface area contributed by atoms with Gasteiger partial charge in [0, 0.05) is 18.8 Å². The summed E-state index contributed by atoms with van der Waals surface area (Å²) in [5.41, 5.74) is 1.44. The predicted molar refractivity (Wildman–Crippen MR) is 78.2 cm³/mol. The molecule has 1 atom stereocenters. The van der Waals surface area contributed by atoms with Crippen LogP contribution in [0.2, 0.25) is 0 Å². The Hall–Kier alpha value is -1.75. The lowest BCUT2D eigenvalue weighted by Crippen LogP contribution is -2.31. The molecule has 0 saturated heterocycles. The summed E-state index contributed by atoms with van der Waals surface area (Å²) in [6.45, 7) is 2.12. The molecule has 1 unspecified atom stereocenters. The third-order valence-electron chi connectivity index (χ3n) is 2.73. The fourth-order valence-corrected chi connectivity index (χ4v) is 2.13. The molecule has 0 bridgehead atoms. The number of aliphatic imine (C=N–C) groups is 1. The first kappa shape index (κ1) is 13.7. The highest BCUT2D eigenvalue weighted by Gasteiger charge is 2.25. The van der Waals surface area contributed by atoms with Gasteiger partial charge in [0.15, 0.2) is 0 Å². The molecule has 1 heterocycles. The van der Waals surface area contributed by atoms with Crippen LogP contribution in [0, 0.1) is 0 Å². The zero-order valence-corrected chi connectivity index (χ0v) is 11.8. The maximum atomic E-state index is 11.8. The molecule has 100 valence electrons. The molecule has 0 fully saturated rings. The summed E-state index contributed by atoms with van der Waals surface area (Å²) < 4.78 is 4.99. The van der Waals surface area contributed by atoms with Crippen LogP contribution in [0.15, 0.2) is 47.1 Å². The van der Waals surface area contributed by atoms with E-state index in [0.717, 1.165) is 11.4 Å². The lowest BCUT2D eigenvalue weighted by atomic mass is 10.1. The molecule has 1 aliphatic rings. The molecule has 0 radical (unpaired) electrons. The summed E-state index contributed by atoms with van der Waals surface area (Å²) in [7, 11) is 1.85. The van der Waals surface area contributed by atoms with Crippen LogP contribution in [0.3, 0.4) is 0 Å². The van der Waals surface area contributed by atoms with Crippen molar-refractivity contribution in [2.75, 3.05) is 13.7 Å². The van der Waals surface area contributed by atoms with Gasteiger partial charge in [-0.3, -0.25) is 0 Å². The lowest BCUT2D eigenvalue weighted by Gasteiger charge is -2.26. The van der Waals surface area contributed by atoms with E-state index < -0.39 is 5.37 Å². The molecule has 1 aliphatic heterocycles. The molecule has 4 nitrogen and oxygen atoms in total. The molecular weight excluding hydrogens is 260 g/mol. The molecule has 0 aliphatic carbocycles. The number of rotatable bonds is 3. The molecule has 0 amide bonds. The molecule has 0 N–H and O–H groups in total. The first-order valence-corrected chi connectivity index (χ1v) is 6.58. The molecule has 0 spiro atoms. The summed E-state index contributed by atoms with van der Waals surface area (Å²) in [5, 5.41) is -0.495. The Morgan fingerprint density at radius 3 is 2.74 bits per heavy atom. The Morgan fingerprint density at radius 1 is 1.42 bits per heavy atom. The quantitative estimate of drug-likeness (QED) is 0.679. The molecule has 19 heavy (non-hydrogen) atoms. The first-order chi connectivity index (χ1) is 9.13. The van der Waals surface area contributed by atoms with Crippen LogP contribution < -0.4 is 0 Å². The zero-order chi connectivity index (χ0) is 13.8. The third-order valence-corrected chi connectivity index (χ3v) is 3.13. The van der Waals surface area contributed by atoms with Gasteiger partial charge in [0.2, 0.25) is 0 Å². The van der Waals surface area contributed by atoms with Gasteiger partial charge in [-0.2, -0.15) is 0 Å². The van der Waals surface area contributed by atoms with Crippen molar-refractivity contribution in [1.29, 1.82) is 0 Å². The van der Waals surface area contributed by atoms with E-state index in [1.807, 2.05) is 42.3 Å². The van der Waals surface area contributed by atoms with E-state index in [9.17, 15) is 4.79 Å². The minimum Gasteiger partial charge on any atom is -0.463 e. The van der Waals surface area contributed by atoms with E-state index in [-0.39, 0.29) is 5.97 Å². The molecule has 0 aromatic heterocycles. The van der Waals surface area contributed by atoms with Crippen molar-refractivity contribution in [1.82, 2.24) is 4.90 Å². The van der Waals surface area contributed by atoms with Gasteiger partial charge in [-0.25, -0.2) is 9.79 Å². The van der Waals surface area contributed by atoms with Crippen LogP contribution in [0.5, 0.6) is 0 Å². The smallest absolute Gasteiger partial charge is 0.338 e. The summed E-state index contributed by atoms with van der Waals surface area (Å²) in [4.78, 5) is 18.0. The Labute approximate surface area is 118 Å². The second-order valence-corrected chi connectivity index (χ2v) is 4.60. The summed E-state index contributed by atoms with van der Waals surface area (Å²) in [6.07, 6.45) is 1.73. The largest absolute Gasteiger partial charge is 0.463 e. The van der Waals surface area contributed by atoms with Crippen LogP contribution in [-0.4, -0.2) is 35.7 Å². The van der Waals surface area contributed by atoms with Crippen molar-refractivity contribution in [3.63, 3.8) is 0 Å².